The van der Waals surface area contributed by atoms with Gasteiger partial charge in [-0.15, -0.1) is 0 Å². The van der Waals surface area contributed by atoms with Crippen molar-refractivity contribution in [3.8, 4) is 0 Å². The lowest BCUT2D eigenvalue weighted by molar-refractivity contribution is -0.137. The minimum Gasteiger partial charge on any atom is -0.481 e. The van der Waals surface area contributed by atoms with Crippen molar-refractivity contribution in [2.45, 2.75) is 78.3 Å². The van der Waals surface area contributed by atoms with E-state index in [0.29, 0.717) is 24.0 Å². The van der Waals surface area contributed by atoms with Crippen molar-refractivity contribution in [2.75, 3.05) is 6.54 Å². The molecule has 18 heavy (non-hydrogen) atoms. The van der Waals surface area contributed by atoms with Crippen LogP contribution in [0.15, 0.2) is 0 Å². The highest BCUT2D eigenvalue weighted by Gasteiger charge is 2.28. The predicted octanol–water partition coefficient (Wildman–Crippen LogP) is 3.53. The highest BCUT2D eigenvalue weighted by Crippen LogP contribution is 2.35. The first-order valence-electron chi connectivity index (χ1n) is 7.29. The van der Waals surface area contributed by atoms with E-state index in [9.17, 15) is 4.79 Å². The van der Waals surface area contributed by atoms with Gasteiger partial charge in [-0.05, 0) is 44.9 Å². The summed E-state index contributed by atoms with van der Waals surface area (Å²) in [6.07, 6.45) is 6.53. The standard InChI is InChI=1S/C15H29NO2/c1-12(2)16(11-8-14(17)18)13-6-5-9-15(3,4)10-7-13/h12-13H,5-11H2,1-4H3,(H,17,18). The van der Waals surface area contributed by atoms with Gasteiger partial charge in [-0.1, -0.05) is 20.3 Å². The van der Waals surface area contributed by atoms with Crippen molar-refractivity contribution in [2.24, 2.45) is 5.41 Å². The van der Waals surface area contributed by atoms with Gasteiger partial charge in [-0.2, -0.15) is 0 Å². The molecule has 106 valence electrons. The molecule has 0 aliphatic heterocycles. The minimum atomic E-state index is -0.686. The molecule has 3 heteroatoms. The molecule has 3 nitrogen and oxygen atoms in total. The van der Waals surface area contributed by atoms with Crippen molar-refractivity contribution < 1.29 is 9.90 Å². The number of carbonyl (C=O) groups is 1. The molecule has 0 aromatic heterocycles. The van der Waals surface area contributed by atoms with Crippen molar-refractivity contribution in [1.82, 2.24) is 4.90 Å². The third-order valence-electron chi connectivity index (χ3n) is 4.26. The van der Waals surface area contributed by atoms with E-state index in [1.54, 1.807) is 0 Å². The lowest BCUT2D eigenvalue weighted by Gasteiger charge is -2.34. The van der Waals surface area contributed by atoms with Crippen LogP contribution in [0.2, 0.25) is 0 Å². The summed E-state index contributed by atoms with van der Waals surface area (Å²) in [5.74, 6) is -0.686. The average molecular weight is 255 g/mol. The quantitative estimate of drug-likeness (QED) is 0.764. The van der Waals surface area contributed by atoms with Gasteiger partial charge in [0.2, 0.25) is 0 Å². The Kier molecular flexibility index (Phi) is 5.64. The van der Waals surface area contributed by atoms with Crippen LogP contribution in [0, 0.1) is 5.41 Å². The van der Waals surface area contributed by atoms with Gasteiger partial charge in [-0.25, -0.2) is 0 Å². The maximum absolute atomic E-state index is 10.8. The molecule has 1 aliphatic carbocycles. The lowest BCUT2D eigenvalue weighted by atomic mass is 9.85. The van der Waals surface area contributed by atoms with Gasteiger partial charge in [0.15, 0.2) is 0 Å². The summed E-state index contributed by atoms with van der Waals surface area (Å²) < 4.78 is 0. The number of hydrogen-bond acceptors (Lipinski definition) is 2. The molecular weight excluding hydrogens is 226 g/mol. The molecule has 0 aromatic rings. The Labute approximate surface area is 112 Å². The Morgan fingerprint density at radius 1 is 1.33 bits per heavy atom. The number of carboxylic acid groups (broad SMARTS) is 1. The number of rotatable bonds is 5. The smallest absolute Gasteiger partial charge is 0.304 e. The van der Waals surface area contributed by atoms with Gasteiger partial charge < -0.3 is 5.11 Å². The second kappa shape index (κ2) is 6.55. The van der Waals surface area contributed by atoms with Crippen LogP contribution in [0.3, 0.4) is 0 Å². The lowest BCUT2D eigenvalue weighted by Crippen LogP contribution is -2.41. The summed E-state index contributed by atoms with van der Waals surface area (Å²) in [7, 11) is 0. The van der Waals surface area contributed by atoms with Crippen LogP contribution in [0.5, 0.6) is 0 Å². The molecule has 0 spiro atoms. The van der Waals surface area contributed by atoms with Crippen molar-refractivity contribution in [3.05, 3.63) is 0 Å². The monoisotopic (exact) mass is 255 g/mol. The van der Waals surface area contributed by atoms with E-state index in [1.807, 2.05) is 0 Å². The number of carboxylic acids is 1. The fourth-order valence-electron chi connectivity index (χ4n) is 3.06. The molecule has 0 amide bonds. The van der Waals surface area contributed by atoms with E-state index in [4.69, 9.17) is 5.11 Å². The van der Waals surface area contributed by atoms with Crippen LogP contribution in [0.4, 0.5) is 0 Å². The van der Waals surface area contributed by atoms with Gasteiger partial charge in [0.05, 0.1) is 6.42 Å². The van der Waals surface area contributed by atoms with E-state index in [2.05, 4.69) is 32.6 Å². The first kappa shape index (κ1) is 15.5. The van der Waals surface area contributed by atoms with Gasteiger partial charge >= 0.3 is 5.97 Å². The Hall–Kier alpha value is -0.570. The van der Waals surface area contributed by atoms with Crippen LogP contribution >= 0.6 is 0 Å². The molecule has 0 saturated heterocycles. The molecular formula is C15H29NO2. The molecule has 0 radical (unpaired) electrons. The van der Waals surface area contributed by atoms with Crippen LogP contribution in [0.1, 0.15) is 66.2 Å². The molecule has 1 atom stereocenters. The zero-order valence-corrected chi connectivity index (χ0v) is 12.4. The molecule has 0 heterocycles. The Morgan fingerprint density at radius 3 is 2.56 bits per heavy atom. The van der Waals surface area contributed by atoms with Crippen LogP contribution in [0.25, 0.3) is 0 Å². The van der Waals surface area contributed by atoms with Gasteiger partial charge in [0, 0.05) is 18.6 Å². The number of nitrogens with zero attached hydrogens (tertiary/aromatic N) is 1. The van der Waals surface area contributed by atoms with Crippen LogP contribution in [-0.2, 0) is 4.79 Å². The maximum Gasteiger partial charge on any atom is 0.304 e. The van der Waals surface area contributed by atoms with Crippen molar-refractivity contribution in [3.63, 3.8) is 0 Å². The third-order valence-corrected chi connectivity index (χ3v) is 4.26. The Bertz CT molecular complexity index is 274. The highest BCUT2D eigenvalue weighted by molar-refractivity contribution is 5.66. The summed E-state index contributed by atoms with van der Waals surface area (Å²) in [5.41, 5.74) is 0.462. The first-order valence-corrected chi connectivity index (χ1v) is 7.29. The predicted molar refractivity (Wildman–Crippen MR) is 74.7 cm³/mol. The molecule has 0 aromatic carbocycles. The van der Waals surface area contributed by atoms with Gasteiger partial charge in [0.1, 0.15) is 0 Å². The Balaban J connectivity index is 2.59. The molecule has 1 fully saturated rings. The maximum atomic E-state index is 10.8. The molecule has 1 N–H and O–H groups in total. The second-order valence-corrected chi connectivity index (χ2v) is 6.72. The van der Waals surface area contributed by atoms with E-state index in [-0.39, 0.29) is 6.42 Å². The largest absolute Gasteiger partial charge is 0.481 e. The summed E-state index contributed by atoms with van der Waals surface area (Å²) in [6, 6.07) is 1.02. The minimum absolute atomic E-state index is 0.262. The topological polar surface area (TPSA) is 40.5 Å². The summed E-state index contributed by atoms with van der Waals surface area (Å²) in [6.45, 7) is 9.76. The Morgan fingerprint density at radius 2 is 2.00 bits per heavy atom. The van der Waals surface area contributed by atoms with E-state index >= 15 is 0 Å². The first-order chi connectivity index (χ1) is 8.32. The fraction of sp³-hybridized carbons (Fsp3) is 0.933. The van der Waals surface area contributed by atoms with E-state index < -0.39 is 5.97 Å². The average Bonchev–Trinajstić information content (AvgIpc) is 2.40. The zero-order chi connectivity index (χ0) is 13.8. The van der Waals surface area contributed by atoms with E-state index in [0.717, 1.165) is 0 Å². The van der Waals surface area contributed by atoms with Crippen molar-refractivity contribution in [1.29, 1.82) is 0 Å². The molecule has 1 unspecified atom stereocenters. The highest BCUT2D eigenvalue weighted by atomic mass is 16.4. The van der Waals surface area contributed by atoms with Crippen molar-refractivity contribution >= 4 is 5.97 Å². The zero-order valence-electron chi connectivity index (χ0n) is 12.4. The third kappa shape index (κ3) is 4.97. The molecule has 1 saturated carbocycles. The van der Waals surface area contributed by atoms with Crippen LogP contribution < -0.4 is 0 Å². The van der Waals surface area contributed by atoms with Gasteiger partial charge in [0.25, 0.3) is 0 Å². The summed E-state index contributed by atoms with van der Waals surface area (Å²) in [4.78, 5) is 13.2. The van der Waals surface area contributed by atoms with Crippen LogP contribution in [-0.4, -0.2) is 34.6 Å². The van der Waals surface area contributed by atoms with Gasteiger partial charge in [-0.3, -0.25) is 9.69 Å². The molecule has 1 rings (SSSR count). The number of hydrogen-bond donors (Lipinski definition) is 1. The summed E-state index contributed by atoms with van der Waals surface area (Å²) >= 11 is 0. The number of aliphatic carboxylic acids is 1. The molecule has 0 bridgehead atoms. The SMILES string of the molecule is CC(C)N(CCC(=O)O)C1CCCC(C)(C)CC1. The molecule has 1 aliphatic rings. The normalized spacial score (nSPS) is 24.2. The second-order valence-electron chi connectivity index (χ2n) is 6.72. The fourth-order valence-corrected chi connectivity index (χ4v) is 3.06. The van der Waals surface area contributed by atoms with E-state index in [1.165, 1.54) is 32.1 Å². The summed E-state index contributed by atoms with van der Waals surface area (Å²) in [5, 5.41) is 8.85.